The second-order valence-corrected chi connectivity index (χ2v) is 4.26. The lowest BCUT2D eigenvalue weighted by Gasteiger charge is -2.21. The van der Waals surface area contributed by atoms with Crippen LogP contribution in [0.5, 0.6) is 0 Å². The molecule has 2 nitrogen and oxygen atoms in total. The molecule has 0 aliphatic carbocycles. The molecule has 1 aliphatic heterocycles. The van der Waals surface area contributed by atoms with Crippen molar-refractivity contribution in [2.75, 3.05) is 13.2 Å². The highest BCUT2D eigenvalue weighted by Gasteiger charge is 2.24. The zero-order valence-corrected chi connectivity index (χ0v) is 9.33. The van der Waals surface area contributed by atoms with Crippen LogP contribution in [0.25, 0.3) is 0 Å². The number of halogens is 1. The molecule has 3 heteroatoms. The number of ketones is 1. The Balaban J connectivity index is 2.19. The summed E-state index contributed by atoms with van der Waals surface area (Å²) in [6.45, 7) is 2.94. The topological polar surface area (TPSA) is 26.3 Å². The van der Waals surface area contributed by atoms with Crippen LogP contribution in [-0.2, 0) is 4.74 Å². The van der Waals surface area contributed by atoms with Gasteiger partial charge in [0.15, 0.2) is 5.78 Å². The van der Waals surface area contributed by atoms with E-state index >= 15 is 0 Å². The summed E-state index contributed by atoms with van der Waals surface area (Å²) in [5, 5.41) is 0. The minimum Gasteiger partial charge on any atom is -0.381 e. The van der Waals surface area contributed by atoms with E-state index in [0.29, 0.717) is 13.2 Å². The number of benzene rings is 1. The normalized spacial score (nSPS) is 20.8. The van der Waals surface area contributed by atoms with E-state index in [1.165, 1.54) is 6.07 Å². The van der Waals surface area contributed by atoms with Crippen LogP contribution in [0.1, 0.15) is 28.8 Å². The predicted molar refractivity (Wildman–Crippen MR) is 59.0 cm³/mol. The van der Waals surface area contributed by atoms with Gasteiger partial charge >= 0.3 is 0 Å². The Labute approximate surface area is 94.4 Å². The van der Waals surface area contributed by atoms with Crippen molar-refractivity contribution < 1.29 is 13.9 Å². The van der Waals surface area contributed by atoms with Gasteiger partial charge in [0.2, 0.25) is 0 Å². The third-order valence-corrected chi connectivity index (χ3v) is 2.92. The van der Waals surface area contributed by atoms with E-state index in [1.54, 1.807) is 19.1 Å². The largest absolute Gasteiger partial charge is 0.381 e. The first-order valence-electron chi connectivity index (χ1n) is 5.56. The molecule has 1 aromatic rings. The van der Waals surface area contributed by atoms with Gasteiger partial charge in [-0.05, 0) is 37.5 Å². The molecule has 0 N–H and O–H groups in total. The van der Waals surface area contributed by atoms with Gasteiger partial charge in [-0.25, -0.2) is 4.39 Å². The van der Waals surface area contributed by atoms with Crippen molar-refractivity contribution in [1.82, 2.24) is 0 Å². The summed E-state index contributed by atoms with van der Waals surface area (Å²) in [4.78, 5) is 12.0. The number of Topliss-reactive ketones (excluding diaryl/α,β-unsaturated/α-hetero) is 1. The number of carbonyl (C=O) groups is 1. The number of aryl methyl sites for hydroxylation is 1. The van der Waals surface area contributed by atoms with Gasteiger partial charge in [0.1, 0.15) is 5.82 Å². The smallest absolute Gasteiger partial charge is 0.171 e. The van der Waals surface area contributed by atoms with Crippen molar-refractivity contribution in [2.24, 2.45) is 5.92 Å². The molecule has 0 aromatic heterocycles. The van der Waals surface area contributed by atoms with Crippen molar-refractivity contribution in [3.05, 3.63) is 35.1 Å². The number of carbonyl (C=O) groups excluding carboxylic acids is 1. The highest BCUT2D eigenvalue weighted by molar-refractivity contribution is 5.98. The molecule has 0 bridgehead atoms. The van der Waals surface area contributed by atoms with Crippen molar-refractivity contribution in [3.63, 3.8) is 0 Å². The van der Waals surface area contributed by atoms with E-state index in [2.05, 4.69) is 0 Å². The lowest BCUT2D eigenvalue weighted by atomic mass is 9.92. The molecule has 0 amide bonds. The lowest BCUT2D eigenvalue weighted by Crippen LogP contribution is -2.26. The summed E-state index contributed by atoms with van der Waals surface area (Å²) in [5.74, 6) is -0.723. The molecule has 1 saturated heterocycles. The zero-order valence-electron chi connectivity index (χ0n) is 9.33. The van der Waals surface area contributed by atoms with E-state index < -0.39 is 5.82 Å². The molecule has 1 aliphatic rings. The summed E-state index contributed by atoms with van der Waals surface area (Å²) in [5.41, 5.74) is 1.02. The molecule has 1 aromatic carbocycles. The fraction of sp³-hybridized carbons (Fsp3) is 0.462. The maximum Gasteiger partial charge on any atom is 0.171 e. The molecule has 1 unspecified atom stereocenters. The van der Waals surface area contributed by atoms with Gasteiger partial charge in [-0.3, -0.25) is 4.79 Å². The van der Waals surface area contributed by atoms with Gasteiger partial charge in [0, 0.05) is 12.5 Å². The number of rotatable bonds is 2. The molecular weight excluding hydrogens is 207 g/mol. The Bertz CT molecular complexity index is 395. The molecule has 1 heterocycles. The number of ether oxygens (including phenoxy) is 1. The van der Waals surface area contributed by atoms with Crippen molar-refractivity contribution in [3.8, 4) is 0 Å². The first kappa shape index (κ1) is 11.3. The summed E-state index contributed by atoms with van der Waals surface area (Å²) < 4.78 is 18.8. The minimum atomic E-state index is -0.421. The maximum atomic E-state index is 13.6. The maximum absolute atomic E-state index is 13.6. The Kier molecular flexibility index (Phi) is 3.34. The average molecular weight is 222 g/mol. The third kappa shape index (κ3) is 2.30. The second-order valence-electron chi connectivity index (χ2n) is 4.26. The van der Waals surface area contributed by atoms with E-state index in [9.17, 15) is 9.18 Å². The molecule has 1 atom stereocenters. The molecule has 0 saturated carbocycles. The number of hydrogen-bond acceptors (Lipinski definition) is 2. The Morgan fingerprint density at radius 1 is 1.50 bits per heavy atom. The summed E-state index contributed by atoms with van der Waals surface area (Å²) in [6, 6.07) is 4.73. The fourth-order valence-corrected chi connectivity index (χ4v) is 1.99. The first-order chi connectivity index (χ1) is 7.68. The van der Waals surface area contributed by atoms with E-state index in [0.717, 1.165) is 18.4 Å². The van der Waals surface area contributed by atoms with Crippen LogP contribution in [0, 0.1) is 18.7 Å². The molecule has 1 fully saturated rings. The van der Waals surface area contributed by atoms with Crippen LogP contribution >= 0.6 is 0 Å². The second kappa shape index (κ2) is 4.74. The molecular formula is C13H15FO2. The minimum absolute atomic E-state index is 0.128. The number of hydrogen-bond donors (Lipinski definition) is 0. The van der Waals surface area contributed by atoms with Crippen molar-refractivity contribution >= 4 is 5.78 Å². The highest BCUT2D eigenvalue weighted by atomic mass is 19.1. The van der Waals surface area contributed by atoms with Crippen LogP contribution in [0.4, 0.5) is 4.39 Å². The Morgan fingerprint density at radius 3 is 2.94 bits per heavy atom. The van der Waals surface area contributed by atoms with Crippen molar-refractivity contribution in [2.45, 2.75) is 19.8 Å². The standard InChI is InChI=1S/C13H15FO2/c1-9-4-5-11(12(14)7-9)13(15)10-3-2-6-16-8-10/h4-5,7,10H,2-3,6,8H2,1H3. The average Bonchev–Trinajstić information content (AvgIpc) is 2.29. The quantitative estimate of drug-likeness (QED) is 0.719. The van der Waals surface area contributed by atoms with E-state index in [-0.39, 0.29) is 17.3 Å². The molecule has 86 valence electrons. The van der Waals surface area contributed by atoms with Gasteiger partial charge in [-0.1, -0.05) is 6.07 Å². The summed E-state index contributed by atoms with van der Waals surface area (Å²) in [6.07, 6.45) is 1.68. The van der Waals surface area contributed by atoms with Crippen LogP contribution in [-0.4, -0.2) is 19.0 Å². The predicted octanol–water partition coefficient (Wildman–Crippen LogP) is 2.74. The third-order valence-electron chi connectivity index (χ3n) is 2.92. The molecule has 0 spiro atoms. The van der Waals surface area contributed by atoms with Crippen LogP contribution in [0.2, 0.25) is 0 Å². The zero-order chi connectivity index (χ0) is 11.5. The molecule has 0 radical (unpaired) electrons. The lowest BCUT2D eigenvalue weighted by molar-refractivity contribution is 0.0459. The fourth-order valence-electron chi connectivity index (χ4n) is 1.99. The van der Waals surface area contributed by atoms with Crippen molar-refractivity contribution in [1.29, 1.82) is 0 Å². The van der Waals surface area contributed by atoms with Crippen LogP contribution in [0.15, 0.2) is 18.2 Å². The Hall–Kier alpha value is -1.22. The highest BCUT2D eigenvalue weighted by Crippen LogP contribution is 2.21. The van der Waals surface area contributed by atoms with Gasteiger partial charge < -0.3 is 4.74 Å². The van der Waals surface area contributed by atoms with Crippen LogP contribution < -0.4 is 0 Å². The van der Waals surface area contributed by atoms with Crippen LogP contribution in [0.3, 0.4) is 0 Å². The van der Waals surface area contributed by atoms with Gasteiger partial charge in [-0.15, -0.1) is 0 Å². The monoisotopic (exact) mass is 222 g/mol. The van der Waals surface area contributed by atoms with E-state index in [4.69, 9.17) is 4.74 Å². The Morgan fingerprint density at radius 2 is 2.31 bits per heavy atom. The summed E-state index contributed by atoms with van der Waals surface area (Å²) >= 11 is 0. The molecule has 2 rings (SSSR count). The summed E-state index contributed by atoms with van der Waals surface area (Å²) in [7, 11) is 0. The first-order valence-corrected chi connectivity index (χ1v) is 5.56. The SMILES string of the molecule is Cc1ccc(C(=O)C2CCCOC2)c(F)c1. The van der Waals surface area contributed by atoms with Gasteiger partial charge in [0.05, 0.1) is 12.2 Å². The molecule has 16 heavy (non-hydrogen) atoms. The van der Waals surface area contributed by atoms with Gasteiger partial charge in [-0.2, -0.15) is 0 Å². The van der Waals surface area contributed by atoms with E-state index in [1.807, 2.05) is 0 Å². The van der Waals surface area contributed by atoms with Gasteiger partial charge in [0.25, 0.3) is 0 Å².